The minimum atomic E-state index is 0.240. The van der Waals surface area contributed by atoms with Gasteiger partial charge < -0.3 is 14.8 Å². The smallest absolute Gasteiger partial charge is 0.129 e. The molecule has 84 valence electrons. The molecular formula is C11H18N2O2. The minimum Gasteiger partial charge on any atom is -0.497 e. The highest BCUT2D eigenvalue weighted by Crippen LogP contribution is 2.14. The summed E-state index contributed by atoms with van der Waals surface area (Å²) in [5.74, 6) is 1.61. The van der Waals surface area contributed by atoms with E-state index in [1.54, 1.807) is 13.3 Å². The van der Waals surface area contributed by atoms with Crippen molar-refractivity contribution in [1.29, 1.82) is 0 Å². The molecule has 0 saturated carbocycles. The summed E-state index contributed by atoms with van der Waals surface area (Å²) < 4.78 is 10.4. The monoisotopic (exact) mass is 210 g/mol. The maximum absolute atomic E-state index is 5.30. The van der Waals surface area contributed by atoms with Crippen molar-refractivity contribution in [1.82, 2.24) is 4.98 Å². The lowest BCUT2D eigenvalue weighted by molar-refractivity contribution is 0.141. The van der Waals surface area contributed by atoms with Crippen molar-refractivity contribution in [2.45, 2.75) is 19.9 Å². The van der Waals surface area contributed by atoms with E-state index in [1.165, 1.54) is 0 Å². The van der Waals surface area contributed by atoms with Crippen LogP contribution in [0.4, 0.5) is 5.82 Å². The van der Waals surface area contributed by atoms with Gasteiger partial charge in [0.2, 0.25) is 0 Å². The summed E-state index contributed by atoms with van der Waals surface area (Å²) in [6.45, 7) is 5.44. The fraction of sp³-hybridized carbons (Fsp3) is 0.545. The fourth-order valence-corrected chi connectivity index (χ4v) is 1.21. The molecule has 1 rings (SSSR count). The summed E-state index contributed by atoms with van der Waals surface area (Å²) in [6.07, 6.45) is 1.72. The zero-order valence-corrected chi connectivity index (χ0v) is 9.49. The molecule has 1 heterocycles. The van der Waals surface area contributed by atoms with Gasteiger partial charge in [-0.3, -0.25) is 0 Å². The largest absolute Gasteiger partial charge is 0.497 e. The first-order valence-electron chi connectivity index (χ1n) is 5.10. The van der Waals surface area contributed by atoms with Gasteiger partial charge in [0, 0.05) is 24.9 Å². The second-order valence-corrected chi connectivity index (χ2v) is 3.29. The molecule has 0 aromatic carbocycles. The van der Waals surface area contributed by atoms with E-state index in [0.29, 0.717) is 6.61 Å². The predicted octanol–water partition coefficient (Wildman–Crippen LogP) is 1.93. The van der Waals surface area contributed by atoms with Gasteiger partial charge in [0.1, 0.15) is 11.6 Å². The molecular weight excluding hydrogens is 192 g/mol. The van der Waals surface area contributed by atoms with Crippen molar-refractivity contribution < 1.29 is 9.47 Å². The molecule has 0 aliphatic rings. The first kappa shape index (κ1) is 11.8. The molecule has 1 unspecified atom stereocenters. The Morgan fingerprint density at radius 2 is 2.33 bits per heavy atom. The van der Waals surface area contributed by atoms with Gasteiger partial charge in [-0.1, -0.05) is 0 Å². The van der Waals surface area contributed by atoms with E-state index in [-0.39, 0.29) is 6.04 Å². The lowest BCUT2D eigenvalue weighted by Gasteiger charge is -2.14. The van der Waals surface area contributed by atoms with Crippen LogP contribution in [0, 0.1) is 0 Å². The predicted molar refractivity (Wildman–Crippen MR) is 60.4 cm³/mol. The highest BCUT2D eigenvalue weighted by atomic mass is 16.5. The second-order valence-electron chi connectivity index (χ2n) is 3.29. The lowest BCUT2D eigenvalue weighted by atomic mass is 10.3. The van der Waals surface area contributed by atoms with Crippen LogP contribution >= 0.6 is 0 Å². The number of hydrogen-bond acceptors (Lipinski definition) is 4. The second kappa shape index (κ2) is 6.24. The topological polar surface area (TPSA) is 43.4 Å². The third-order valence-electron chi connectivity index (χ3n) is 1.93. The summed E-state index contributed by atoms with van der Waals surface area (Å²) in [4.78, 5) is 4.19. The average molecular weight is 210 g/mol. The van der Waals surface area contributed by atoms with E-state index < -0.39 is 0 Å². The van der Waals surface area contributed by atoms with Crippen LogP contribution in [0.1, 0.15) is 13.8 Å². The van der Waals surface area contributed by atoms with Gasteiger partial charge in [0.05, 0.1) is 13.7 Å². The third-order valence-corrected chi connectivity index (χ3v) is 1.93. The van der Waals surface area contributed by atoms with E-state index in [1.807, 2.05) is 19.1 Å². The molecule has 4 heteroatoms. The molecule has 1 aromatic rings. The van der Waals surface area contributed by atoms with E-state index in [9.17, 15) is 0 Å². The fourth-order valence-electron chi connectivity index (χ4n) is 1.21. The minimum absolute atomic E-state index is 0.240. The maximum atomic E-state index is 5.30. The molecule has 0 saturated heterocycles. The molecule has 1 atom stereocenters. The Bertz CT molecular complexity index is 292. The van der Waals surface area contributed by atoms with Crippen LogP contribution in [0.5, 0.6) is 5.75 Å². The molecule has 0 aliphatic carbocycles. The van der Waals surface area contributed by atoms with Crippen LogP contribution in [0.2, 0.25) is 0 Å². The van der Waals surface area contributed by atoms with Gasteiger partial charge in [-0.05, 0) is 19.9 Å². The maximum Gasteiger partial charge on any atom is 0.129 e. The number of pyridine rings is 1. The van der Waals surface area contributed by atoms with Gasteiger partial charge in [0.15, 0.2) is 0 Å². The number of nitrogens with zero attached hydrogens (tertiary/aromatic N) is 1. The van der Waals surface area contributed by atoms with Crippen LogP contribution in [0.25, 0.3) is 0 Å². The molecule has 15 heavy (non-hydrogen) atoms. The summed E-state index contributed by atoms with van der Waals surface area (Å²) in [6, 6.07) is 3.92. The van der Waals surface area contributed by atoms with Crippen molar-refractivity contribution in [2.75, 3.05) is 25.6 Å². The van der Waals surface area contributed by atoms with E-state index >= 15 is 0 Å². The van der Waals surface area contributed by atoms with Crippen LogP contribution < -0.4 is 10.1 Å². The zero-order chi connectivity index (χ0) is 11.1. The molecule has 0 amide bonds. The number of methoxy groups -OCH3 is 1. The van der Waals surface area contributed by atoms with Crippen molar-refractivity contribution in [3.05, 3.63) is 18.3 Å². The number of hydrogen-bond donors (Lipinski definition) is 1. The first-order valence-corrected chi connectivity index (χ1v) is 5.10. The number of nitrogens with one attached hydrogen (secondary N) is 1. The normalized spacial score (nSPS) is 12.2. The molecule has 1 aromatic heterocycles. The van der Waals surface area contributed by atoms with Gasteiger partial charge in [-0.2, -0.15) is 0 Å². The molecule has 0 fully saturated rings. The molecule has 0 aliphatic heterocycles. The Hall–Kier alpha value is -1.29. The van der Waals surface area contributed by atoms with E-state index in [4.69, 9.17) is 9.47 Å². The van der Waals surface area contributed by atoms with Crippen molar-refractivity contribution in [2.24, 2.45) is 0 Å². The molecule has 0 radical (unpaired) electrons. The SMILES string of the molecule is CCOCC(C)Nc1cc(OC)ccn1. The number of aromatic nitrogens is 1. The third kappa shape index (κ3) is 4.16. The van der Waals surface area contributed by atoms with Crippen LogP contribution in [-0.4, -0.2) is 31.3 Å². The highest BCUT2D eigenvalue weighted by Gasteiger charge is 2.03. The Balaban J connectivity index is 2.48. The number of anilines is 1. The Kier molecular flexibility index (Phi) is 4.90. The van der Waals surface area contributed by atoms with E-state index in [0.717, 1.165) is 18.2 Å². The van der Waals surface area contributed by atoms with Gasteiger partial charge in [0.25, 0.3) is 0 Å². The summed E-state index contributed by atoms with van der Waals surface area (Å²) in [7, 11) is 1.64. The van der Waals surface area contributed by atoms with Gasteiger partial charge in [-0.15, -0.1) is 0 Å². The lowest BCUT2D eigenvalue weighted by Crippen LogP contribution is -2.22. The molecule has 4 nitrogen and oxygen atoms in total. The Labute approximate surface area is 90.6 Å². The Morgan fingerprint density at radius 3 is 3.00 bits per heavy atom. The quantitative estimate of drug-likeness (QED) is 0.779. The van der Waals surface area contributed by atoms with Crippen molar-refractivity contribution in [3.63, 3.8) is 0 Å². The van der Waals surface area contributed by atoms with Crippen LogP contribution in [0.3, 0.4) is 0 Å². The average Bonchev–Trinajstić information content (AvgIpc) is 2.26. The standard InChI is InChI=1S/C11H18N2O2/c1-4-15-8-9(2)13-11-7-10(14-3)5-6-12-11/h5-7,9H,4,8H2,1-3H3,(H,12,13). The Morgan fingerprint density at radius 1 is 1.53 bits per heavy atom. The van der Waals surface area contributed by atoms with E-state index in [2.05, 4.69) is 17.2 Å². The molecule has 0 spiro atoms. The summed E-state index contributed by atoms with van der Waals surface area (Å²) in [5, 5.41) is 3.24. The van der Waals surface area contributed by atoms with Crippen LogP contribution in [-0.2, 0) is 4.74 Å². The van der Waals surface area contributed by atoms with Crippen molar-refractivity contribution in [3.8, 4) is 5.75 Å². The van der Waals surface area contributed by atoms with Gasteiger partial charge in [-0.25, -0.2) is 4.98 Å². The van der Waals surface area contributed by atoms with Crippen molar-refractivity contribution >= 4 is 5.82 Å². The highest BCUT2D eigenvalue weighted by molar-refractivity contribution is 5.41. The zero-order valence-electron chi connectivity index (χ0n) is 9.49. The van der Waals surface area contributed by atoms with Gasteiger partial charge >= 0.3 is 0 Å². The number of rotatable bonds is 6. The first-order chi connectivity index (χ1) is 7.26. The summed E-state index contributed by atoms with van der Waals surface area (Å²) in [5.41, 5.74) is 0. The molecule has 1 N–H and O–H groups in total. The summed E-state index contributed by atoms with van der Waals surface area (Å²) >= 11 is 0. The van der Waals surface area contributed by atoms with Crippen LogP contribution in [0.15, 0.2) is 18.3 Å². The number of ether oxygens (including phenoxy) is 2. The molecule has 0 bridgehead atoms.